The summed E-state index contributed by atoms with van der Waals surface area (Å²) in [5.41, 5.74) is 0. The second-order valence-electron chi connectivity index (χ2n) is 4.27. The fourth-order valence-electron chi connectivity index (χ4n) is 2.07. The van der Waals surface area contributed by atoms with Gasteiger partial charge in [0.15, 0.2) is 0 Å². The summed E-state index contributed by atoms with van der Waals surface area (Å²) in [5.74, 6) is 0. The molecular weight excluding hydrogens is 244 g/mol. The minimum absolute atomic E-state index is 0.226. The molecule has 0 radical (unpaired) electrons. The largest absolute Gasteiger partial charge is 0.395 e. The average molecular weight is 261 g/mol. The normalized spacial score (nSPS) is 23.8. The Morgan fingerprint density at radius 3 is 2.94 bits per heavy atom. The smallest absolute Gasteiger partial charge is 0.0931 e. The lowest BCUT2D eigenvalue weighted by molar-refractivity contribution is 0.0465. The first kappa shape index (κ1) is 12.3. The molecule has 90 valence electrons. The van der Waals surface area contributed by atoms with Crippen LogP contribution in [0.15, 0.2) is 12.1 Å². The molecule has 0 saturated carbocycles. The van der Waals surface area contributed by atoms with Crippen molar-refractivity contribution >= 4 is 22.9 Å². The van der Waals surface area contributed by atoms with Gasteiger partial charge in [-0.05, 0) is 19.2 Å². The van der Waals surface area contributed by atoms with Crippen LogP contribution in [-0.2, 0) is 6.54 Å². The molecule has 1 unspecified atom stereocenters. The van der Waals surface area contributed by atoms with Gasteiger partial charge in [0, 0.05) is 37.1 Å². The molecule has 2 rings (SSSR count). The average Bonchev–Trinajstić information content (AvgIpc) is 2.67. The first-order valence-electron chi connectivity index (χ1n) is 5.46. The third kappa shape index (κ3) is 2.96. The van der Waals surface area contributed by atoms with Crippen molar-refractivity contribution in [2.24, 2.45) is 0 Å². The minimum Gasteiger partial charge on any atom is -0.395 e. The van der Waals surface area contributed by atoms with Gasteiger partial charge in [-0.1, -0.05) is 11.6 Å². The van der Waals surface area contributed by atoms with Gasteiger partial charge in [-0.25, -0.2) is 0 Å². The molecule has 5 heteroatoms. The van der Waals surface area contributed by atoms with E-state index in [1.54, 1.807) is 11.3 Å². The van der Waals surface area contributed by atoms with Crippen molar-refractivity contribution in [3.05, 3.63) is 21.3 Å². The summed E-state index contributed by atoms with van der Waals surface area (Å²) < 4.78 is 0.838. The molecular formula is C11H17ClN2OS. The lowest BCUT2D eigenvalue weighted by Gasteiger charge is -2.38. The van der Waals surface area contributed by atoms with E-state index in [1.807, 2.05) is 6.07 Å². The Morgan fingerprint density at radius 1 is 1.50 bits per heavy atom. The fraction of sp³-hybridized carbons (Fsp3) is 0.636. The number of piperazine rings is 1. The molecule has 1 fully saturated rings. The topological polar surface area (TPSA) is 26.7 Å². The number of rotatable bonds is 3. The van der Waals surface area contributed by atoms with Gasteiger partial charge in [0.1, 0.15) is 0 Å². The number of hydrogen-bond donors (Lipinski definition) is 1. The fourth-order valence-corrected chi connectivity index (χ4v) is 3.18. The Bertz CT molecular complexity index is 344. The third-order valence-electron chi connectivity index (χ3n) is 3.01. The Hall–Kier alpha value is -0.130. The van der Waals surface area contributed by atoms with E-state index in [1.165, 1.54) is 4.88 Å². The van der Waals surface area contributed by atoms with E-state index >= 15 is 0 Å². The van der Waals surface area contributed by atoms with E-state index < -0.39 is 0 Å². The number of aliphatic hydroxyl groups excluding tert-OH is 1. The summed E-state index contributed by atoms with van der Waals surface area (Å²) in [6.07, 6.45) is 0. The summed E-state index contributed by atoms with van der Waals surface area (Å²) in [7, 11) is 2.10. The molecule has 1 atom stereocenters. The molecule has 1 saturated heterocycles. The molecule has 0 spiro atoms. The highest BCUT2D eigenvalue weighted by Gasteiger charge is 2.24. The number of halogens is 1. The summed E-state index contributed by atoms with van der Waals surface area (Å²) in [6.45, 7) is 4.14. The zero-order valence-corrected chi connectivity index (χ0v) is 11.0. The molecule has 1 aliphatic heterocycles. The number of hydrogen-bond acceptors (Lipinski definition) is 4. The van der Waals surface area contributed by atoms with Crippen molar-refractivity contribution < 1.29 is 5.11 Å². The Kier molecular flexibility index (Phi) is 4.21. The maximum Gasteiger partial charge on any atom is 0.0931 e. The molecule has 1 aromatic heterocycles. The molecule has 1 N–H and O–H groups in total. The standard InChI is InChI=1S/C11H17ClN2OS/c1-13-4-5-14(9(6-13)8-15)7-10-2-3-11(12)16-10/h2-3,9,15H,4-8H2,1H3. The number of likely N-dealkylation sites (N-methyl/N-ethyl adjacent to an activating group) is 1. The Balaban J connectivity index is 1.97. The molecule has 0 amide bonds. The van der Waals surface area contributed by atoms with Gasteiger partial charge in [0.2, 0.25) is 0 Å². The van der Waals surface area contributed by atoms with Crippen molar-refractivity contribution in [1.29, 1.82) is 0 Å². The molecule has 0 aliphatic carbocycles. The zero-order valence-electron chi connectivity index (χ0n) is 9.40. The molecule has 0 aromatic carbocycles. The van der Waals surface area contributed by atoms with E-state index in [4.69, 9.17) is 11.6 Å². The van der Waals surface area contributed by atoms with Gasteiger partial charge in [-0.3, -0.25) is 4.90 Å². The van der Waals surface area contributed by atoms with Gasteiger partial charge < -0.3 is 10.0 Å². The van der Waals surface area contributed by atoms with Crippen LogP contribution < -0.4 is 0 Å². The molecule has 1 aliphatic rings. The van der Waals surface area contributed by atoms with Gasteiger partial charge in [0.05, 0.1) is 10.9 Å². The van der Waals surface area contributed by atoms with Gasteiger partial charge >= 0.3 is 0 Å². The number of thiophene rings is 1. The van der Waals surface area contributed by atoms with Crippen molar-refractivity contribution in [1.82, 2.24) is 9.80 Å². The lowest BCUT2D eigenvalue weighted by atomic mass is 10.2. The molecule has 0 bridgehead atoms. The molecule has 16 heavy (non-hydrogen) atoms. The third-order valence-corrected chi connectivity index (χ3v) is 4.22. The minimum atomic E-state index is 0.226. The van der Waals surface area contributed by atoms with Gasteiger partial charge in [0.25, 0.3) is 0 Å². The number of aliphatic hydroxyl groups is 1. The lowest BCUT2D eigenvalue weighted by Crippen LogP contribution is -2.52. The highest BCUT2D eigenvalue weighted by Crippen LogP contribution is 2.24. The van der Waals surface area contributed by atoms with E-state index in [2.05, 4.69) is 22.9 Å². The predicted octanol–water partition coefficient (Wildman–Crippen LogP) is 1.51. The second-order valence-corrected chi connectivity index (χ2v) is 6.07. The van der Waals surface area contributed by atoms with Crippen LogP contribution in [0.1, 0.15) is 4.88 Å². The van der Waals surface area contributed by atoms with Crippen LogP contribution in [-0.4, -0.2) is 54.2 Å². The first-order valence-corrected chi connectivity index (χ1v) is 6.66. The maximum atomic E-state index is 9.37. The quantitative estimate of drug-likeness (QED) is 0.893. The van der Waals surface area contributed by atoms with Crippen LogP contribution >= 0.6 is 22.9 Å². The highest BCUT2D eigenvalue weighted by atomic mass is 35.5. The van der Waals surface area contributed by atoms with Crippen LogP contribution in [0.5, 0.6) is 0 Å². The molecule has 2 heterocycles. The summed E-state index contributed by atoms with van der Waals surface area (Å²) in [5, 5.41) is 9.37. The second kappa shape index (κ2) is 5.47. The van der Waals surface area contributed by atoms with Crippen LogP contribution in [0, 0.1) is 0 Å². The van der Waals surface area contributed by atoms with Crippen LogP contribution in [0.25, 0.3) is 0 Å². The Labute approximate surface area is 105 Å². The number of nitrogens with zero attached hydrogens (tertiary/aromatic N) is 2. The van der Waals surface area contributed by atoms with E-state index in [0.29, 0.717) is 0 Å². The van der Waals surface area contributed by atoms with Crippen molar-refractivity contribution in [2.45, 2.75) is 12.6 Å². The van der Waals surface area contributed by atoms with Gasteiger partial charge in [-0.2, -0.15) is 0 Å². The maximum absolute atomic E-state index is 9.37. The summed E-state index contributed by atoms with van der Waals surface area (Å²) >= 11 is 7.54. The summed E-state index contributed by atoms with van der Waals surface area (Å²) in [4.78, 5) is 5.87. The van der Waals surface area contributed by atoms with Crippen LogP contribution in [0.4, 0.5) is 0 Å². The van der Waals surface area contributed by atoms with E-state index in [9.17, 15) is 5.11 Å². The monoisotopic (exact) mass is 260 g/mol. The predicted molar refractivity (Wildman–Crippen MR) is 68.1 cm³/mol. The summed E-state index contributed by atoms with van der Waals surface area (Å²) in [6, 6.07) is 4.25. The van der Waals surface area contributed by atoms with Crippen molar-refractivity contribution in [2.75, 3.05) is 33.3 Å². The molecule has 3 nitrogen and oxygen atoms in total. The molecule has 1 aromatic rings. The van der Waals surface area contributed by atoms with Crippen molar-refractivity contribution in [3.8, 4) is 0 Å². The van der Waals surface area contributed by atoms with Gasteiger partial charge in [-0.15, -0.1) is 11.3 Å². The van der Waals surface area contributed by atoms with E-state index in [0.717, 1.165) is 30.5 Å². The van der Waals surface area contributed by atoms with E-state index in [-0.39, 0.29) is 12.6 Å². The van der Waals surface area contributed by atoms with Crippen molar-refractivity contribution in [3.63, 3.8) is 0 Å². The van der Waals surface area contributed by atoms with Crippen LogP contribution in [0.3, 0.4) is 0 Å². The zero-order chi connectivity index (χ0) is 11.5. The highest BCUT2D eigenvalue weighted by molar-refractivity contribution is 7.16. The first-order chi connectivity index (χ1) is 7.69. The Morgan fingerprint density at radius 2 is 2.31 bits per heavy atom. The van der Waals surface area contributed by atoms with Crippen LogP contribution in [0.2, 0.25) is 4.34 Å². The SMILES string of the molecule is CN1CCN(Cc2ccc(Cl)s2)C(CO)C1.